The lowest BCUT2D eigenvalue weighted by atomic mass is 9.84. The van der Waals surface area contributed by atoms with Crippen molar-refractivity contribution < 1.29 is 27.5 Å². The number of carbonyl (C=O) groups is 2. The molecular weight excluding hydrogens is 650 g/mol. The fourth-order valence-electron chi connectivity index (χ4n) is 6.04. The largest absolute Gasteiger partial charge is 0.452 e. The molecule has 1 saturated heterocycles. The average molecular weight is 690 g/mol. The lowest BCUT2D eigenvalue weighted by Gasteiger charge is -2.36. The SMILES string of the molecule is COC(=O)N(C(=O)[C@@H](N)C(c1ccccc1)c1ccccc1)c1ccccc1CC[C@@H]1CN[C@H](C)[C@@H](CS(=O)(=O)c2ccc(Cl)cc2)O1. The molecule has 1 fully saturated rings. The average Bonchev–Trinajstić information content (AvgIpc) is 3.10. The number of halogens is 1. The molecule has 1 aliphatic rings. The third-order valence-electron chi connectivity index (χ3n) is 8.66. The summed E-state index contributed by atoms with van der Waals surface area (Å²) >= 11 is 5.95. The molecule has 2 amide bonds. The van der Waals surface area contributed by atoms with E-state index in [1.807, 2.05) is 79.7 Å². The molecule has 0 spiro atoms. The minimum Gasteiger partial charge on any atom is -0.452 e. The van der Waals surface area contributed by atoms with Gasteiger partial charge in [0, 0.05) is 23.5 Å². The lowest BCUT2D eigenvalue weighted by molar-refractivity contribution is -0.119. The molecule has 0 saturated carbocycles. The number of sulfone groups is 1. The topological polar surface area (TPSA) is 128 Å². The molecule has 4 atom stereocenters. The van der Waals surface area contributed by atoms with Gasteiger partial charge in [-0.05, 0) is 66.8 Å². The summed E-state index contributed by atoms with van der Waals surface area (Å²) in [6.45, 7) is 2.41. The first kappa shape index (κ1) is 35.3. The van der Waals surface area contributed by atoms with Crippen molar-refractivity contribution >= 4 is 39.1 Å². The van der Waals surface area contributed by atoms with E-state index in [2.05, 4.69) is 5.32 Å². The zero-order valence-corrected chi connectivity index (χ0v) is 28.4. The normalized spacial score (nSPS) is 18.6. The lowest BCUT2D eigenvalue weighted by Crippen LogP contribution is -2.53. The van der Waals surface area contributed by atoms with E-state index in [1.165, 1.54) is 19.2 Å². The van der Waals surface area contributed by atoms with Crippen LogP contribution in [0.4, 0.5) is 10.5 Å². The van der Waals surface area contributed by atoms with Crippen LogP contribution in [0.5, 0.6) is 0 Å². The van der Waals surface area contributed by atoms with E-state index < -0.39 is 39.9 Å². The second-order valence-electron chi connectivity index (χ2n) is 11.9. The van der Waals surface area contributed by atoms with Gasteiger partial charge >= 0.3 is 6.09 Å². The van der Waals surface area contributed by atoms with E-state index in [9.17, 15) is 18.0 Å². The second-order valence-corrected chi connectivity index (χ2v) is 14.3. The number of para-hydroxylation sites is 1. The number of hydrogen-bond donors (Lipinski definition) is 2. The molecule has 1 aliphatic heterocycles. The molecule has 9 nitrogen and oxygen atoms in total. The standard InChI is InChI=1S/C37H40ClN3O6S/c1-25-33(24-48(44,45)31-21-18-29(38)19-22-31)47-30(23-40-25)20-17-26-11-9-10-16-32(26)41(37(43)46-2)36(42)35(39)34(27-12-5-3-6-13-27)28-14-7-4-8-15-28/h3-16,18-19,21-22,25,30,33-35,40H,17,20,23-24,39H2,1-2H3/t25-,30-,33-,35+/m1/s1. The Hall–Kier alpha value is -4.06. The number of nitrogens with two attached hydrogens (primary N) is 1. The number of aryl methyl sites for hydroxylation is 1. The minimum absolute atomic E-state index is 0.186. The summed E-state index contributed by atoms with van der Waals surface area (Å²) in [5, 5.41) is 3.84. The van der Waals surface area contributed by atoms with Gasteiger partial charge in [0.05, 0.1) is 41.7 Å². The summed E-state index contributed by atoms with van der Waals surface area (Å²) in [4.78, 5) is 28.7. The van der Waals surface area contributed by atoms with E-state index >= 15 is 0 Å². The van der Waals surface area contributed by atoms with Gasteiger partial charge < -0.3 is 20.5 Å². The molecule has 3 N–H and O–H groups in total. The summed E-state index contributed by atoms with van der Waals surface area (Å²) in [5.41, 5.74) is 9.50. The summed E-state index contributed by atoms with van der Waals surface area (Å²) in [6.07, 6.45) is -0.812. The van der Waals surface area contributed by atoms with Crippen LogP contribution < -0.4 is 16.0 Å². The third-order valence-corrected chi connectivity index (χ3v) is 10.7. The Morgan fingerprint density at radius 1 is 0.938 bits per heavy atom. The van der Waals surface area contributed by atoms with Crippen molar-refractivity contribution in [1.29, 1.82) is 0 Å². The van der Waals surface area contributed by atoms with Crippen LogP contribution in [0.15, 0.2) is 114 Å². The quantitative estimate of drug-likeness (QED) is 0.204. The summed E-state index contributed by atoms with van der Waals surface area (Å²) < 4.78 is 37.8. The van der Waals surface area contributed by atoms with Crippen LogP contribution >= 0.6 is 11.6 Å². The molecule has 1 heterocycles. The van der Waals surface area contributed by atoms with Crippen molar-refractivity contribution in [2.75, 3.05) is 24.3 Å². The van der Waals surface area contributed by atoms with E-state index in [1.54, 1.807) is 24.3 Å². The molecule has 0 unspecified atom stereocenters. The highest BCUT2D eigenvalue weighted by Crippen LogP contribution is 2.31. The minimum atomic E-state index is -3.63. The van der Waals surface area contributed by atoms with Gasteiger partial charge in [-0.3, -0.25) is 4.79 Å². The molecule has 5 rings (SSSR count). The van der Waals surface area contributed by atoms with Crippen molar-refractivity contribution in [1.82, 2.24) is 5.32 Å². The number of rotatable bonds is 11. The third kappa shape index (κ3) is 8.32. The van der Waals surface area contributed by atoms with Gasteiger partial charge in [0.1, 0.15) is 0 Å². The van der Waals surface area contributed by atoms with E-state index in [4.69, 9.17) is 26.8 Å². The second kappa shape index (κ2) is 15.9. The van der Waals surface area contributed by atoms with Crippen molar-refractivity contribution in [3.8, 4) is 0 Å². The van der Waals surface area contributed by atoms with Crippen LogP contribution in [0.25, 0.3) is 0 Å². The van der Waals surface area contributed by atoms with Crippen LogP contribution in [-0.4, -0.2) is 64.1 Å². The van der Waals surface area contributed by atoms with E-state index in [0.29, 0.717) is 35.7 Å². The number of hydrogen-bond acceptors (Lipinski definition) is 8. The molecular formula is C37H40ClN3O6S. The number of methoxy groups -OCH3 is 1. The highest BCUT2D eigenvalue weighted by molar-refractivity contribution is 7.91. The Morgan fingerprint density at radius 2 is 1.52 bits per heavy atom. The maximum atomic E-state index is 14.2. The molecule has 252 valence electrons. The Kier molecular flexibility index (Phi) is 11.7. The van der Waals surface area contributed by atoms with Crippen molar-refractivity contribution in [3.63, 3.8) is 0 Å². The van der Waals surface area contributed by atoms with Gasteiger partial charge in [0.25, 0.3) is 5.91 Å². The van der Waals surface area contributed by atoms with Crippen molar-refractivity contribution in [2.24, 2.45) is 5.73 Å². The number of nitrogens with zero attached hydrogens (tertiary/aromatic N) is 1. The van der Waals surface area contributed by atoms with Gasteiger partial charge in [-0.2, -0.15) is 0 Å². The van der Waals surface area contributed by atoms with Gasteiger partial charge in [-0.1, -0.05) is 90.5 Å². The van der Waals surface area contributed by atoms with Crippen LogP contribution in [-0.2, 0) is 30.5 Å². The number of anilines is 1. The zero-order chi connectivity index (χ0) is 34.3. The number of amides is 2. The molecule has 4 aromatic carbocycles. The molecule has 48 heavy (non-hydrogen) atoms. The van der Waals surface area contributed by atoms with Crippen LogP contribution in [0, 0.1) is 0 Å². The molecule has 11 heteroatoms. The van der Waals surface area contributed by atoms with Gasteiger partial charge in [-0.25, -0.2) is 18.1 Å². The first-order valence-electron chi connectivity index (χ1n) is 15.8. The number of nitrogens with one attached hydrogen (secondary N) is 1. The Bertz CT molecular complexity index is 1750. The van der Waals surface area contributed by atoms with Crippen LogP contribution in [0.2, 0.25) is 5.02 Å². The van der Waals surface area contributed by atoms with Crippen molar-refractivity contribution in [2.45, 2.75) is 54.9 Å². The van der Waals surface area contributed by atoms with E-state index in [0.717, 1.165) is 16.0 Å². The first-order valence-corrected chi connectivity index (χ1v) is 17.8. The fourth-order valence-corrected chi connectivity index (χ4v) is 7.71. The number of imide groups is 1. The van der Waals surface area contributed by atoms with Crippen LogP contribution in [0.1, 0.15) is 36.0 Å². The molecule has 0 radical (unpaired) electrons. The number of ether oxygens (including phenoxy) is 2. The van der Waals surface area contributed by atoms with Gasteiger partial charge in [0.2, 0.25) is 0 Å². The zero-order valence-electron chi connectivity index (χ0n) is 26.9. The smallest absolute Gasteiger partial charge is 0.420 e. The highest BCUT2D eigenvalue weighted by Gasteiger charge is 2.37. The molecule has 0 bridgehead atoms. The summed E-state index contributed by atoms with van der Waals surface area (Å²) in [7, 11) is -2.40. The molecule has 0 aromatic heterocycles. The maximum Gasteiger partial charge on any atom is 0.420 e. The van der Waals surface area contributed by atoms with Gasteiger partial charge in [-0.15, -0.1) is 0 Å². The monoisotopic (exact) mass is 689 g/mol. The Balaban J connectivity index is 1.35. The number of carbonyl (C=O) groups excluding carboxylic acids is 2. The summed E-state index contributed by atoms with van der Waals surface area (Å²) in [5.74, 6) is -1.32. The highest BCUT2D eigenvalue weighted by atomic mass is 35.5. The first-order chi connectivity index (χ1) is 23.1. The fraction of sp³-hybridized carbons (Fsp3) is 0.297. The number of morpholine rings is 1. The van der Waals surface area contributed by atoms with Crippen molar-refractivity contribution in [3.05, 3.63) is 131 Å². The number of benzene rings is 4. The predicted octanol–water partition coefficient (Wildman–Crippen LogP) is 5.75. The maximum absolute atomic E-state index is 14.2. The summed E-state index contributed by atoms with van der Waals surface area (Å²) in [6, 6.07) is 30.9. The van der Waals surface area contributed by atoms with E-state index in [-0.39, 0.29) is 22.8 Å². The van der Waals surface area contributed by atoms with Crippen LogP contribution in [0.3, 0.4) is 0 Å². The molecule has 4 aromatic rings. The Labute approximate surface area is 286 Å². The molecule has 0 aliphatic carbocycles. The Morgan fingerprint density at radius 3 is 2.12 bits per heavy atom. The van der Waals surface area contributed by atoms with Gasteiger partial charge in [0.15, 0.2) is 9.84 Å². The predicted molar refractivity (Wildman–Crippen MR) is 187 cm³/mol.